The van der Waals surface area contributed by atoms with Crippen molar-refractivity contribution in [2.24, 2.45) is 10.9 Å². The Hall–Kier alpha value is -0.610. The quantitative estimate of drug-likeness (QED) is 0.196. The number of unbranched alkanes of at least 4 members (excludes halogenated alkanes) is 1. The van der Waals surface area contributed by atoms with Gasteiger partial charge in [0.25, 0.3) is 0 Å². The van der Waals surface area contributed by atoms with Gasteiger partial charge in [0.2, 0.25) is 0 Å². The van der Waals surface area contributed by atoms with Crippen molar-refractivity contribution in [3.63, 3.8) is 0 Å². The van der Waals surface area contributed by atoms with Gasteiger partial charge in [0.15, 0.2) is 5.96 Å². The van der Waals surface area contributed by atoms with Crippen LogP contribution < -0.4 is 5.32 Å². The molecule has 0 saturated carbocycles. The monoisotopic (exact) mass is 482 g/mol. The summed E-state index contributed by atoms with van der Waals surface area (Å²) in [6.07, 6.45) is 3.96. The lowest BCUT2D eigenvalue weighted by atomic mass is 9.97. The number of guanidine groups is 1. The number of esters is 1. The van der Waals surface area contributed by atoms with E-state index >= 15 is 0 Å². The zero-order valence-corrected chi connectivity index (χ0v) is 18.6. The van der Waals surface area contributed by atoms with Gasteiger partial charge in [0.05, 0.1) is 26.2 Å². The number of aliphatic imine (C=N–C) groups is 1. The Morgan fingerprint density at radius 2 is 1.88 bits per heavy atom. The van der Waals surface area contributed by atoms with Crippen molar-refractivity contribution in [1.29, 1.82) is 0 Å². The molecule has 2 saturated heterocycles. The summed E-state index contributed by atoms with van der Waals surface area (Å²) >= 11 is 0. The highest BCUT2D eigenvalue weighted by Gasteiger charge is 2.26. The van der Waals surface area contributed by atoms with E-state index in [4.69, 9.17) is 14.5 Å². The SMILES string of the molecule is CCNC(=NCCCCN1CCOCC1)N1CCC(C(=O)OC)CC1.I. The van der Waals surface area contributed by atoms with E-state index in [1.54, 1.807) is 0 Å². The van der Waals surface area contributed by atoms with Gasteiger partial charge in [-0.3, -0.25) is 14.7 Å². The lowest BCUT2D eigenvalue weighted by Crippen LogP contribution is -2.46. The standard InChI is InChI=1S/C18H34N4O3.HI/c1-3-19-18(22-10-6-16(7-11-22)17(23)24-2)20-8-4-5-9-21-12-14-25-15-13-21;/h16H,3-15H2,1-2H3,(H,19,20);1H. The first-order valence-corrected chi connectivity index (χ1v) is 9.65. The Morgan fingerprint density at radius 3 is 2.50 bits per heavy atom. The highest BCUT2D eigenvalue weighted by atomic mass is 127. The van der Waals surface area contributed by atoms with Crippen molar-refractivity contribution in [3.8, 4) is 0 Å². The normalized spacial score (nSPS) is 19.8. The second-order valence-corrected chi connectivity index (χ2v) is 6.68. The molecule has 2 aliphatic rings. The van der Waals surface area contributed by atoms with Gasteiger partial charge in [-0.15, -0.1) is 24.0 Å². The molecule has 2 fully saturated rings. The molecule has 0 bridgehead atoms. The number of nitrogens with zero attached hydrogens (tertiary/aromatic N) is 3. The van der Waals surface area contributed by atoms with Crippen molar-refractivity contribution in [2.45, 2.75) is 32.6 Å². The van der Waals surface area contributed by atoms with E-state index in [9.17, 15) is 4.79 Å². The summed E-state index contributed by atoms with van der Waals surface area (Å²) in [5, 5.41) is 3.38. The minimum Gasteiger partial charge on any atom is -0.469 e. The molecule has 2 aliphatic heterocycles. The third-order valence-corrected chi connectivity index (χ3v) is 4.91. The maximum absolute atomic E-state index is 11.6. The molecule has 0 radical (unpaired) electrons. The second-order valence-electron chi connectivity index (χ2n) is 6.68. The minimum atomic E-state index is -0.0790. The smallest absolute Gasteiger partial charge is 0.308 e. The Morgan fingerprint density at radius 1 is 1.19 bits per heavy atom. The summed E-state index contributed by atoms with van der Waals surface area (Å²) in [6, 6.07) is 0. The number of nitrogens with one attached hydrogen (secondary N) is 1. The molecular weight excluding hydrogens is 447 g/mol. The van der Waals surface area contributed by atoms with Crippen molar-refractivity contribution in [3.05, 3.63) is 0 Å². The molecule has 7 nitrogen and oxygen atoms in total. The number of halogens is 1. The van der Waals surface area contributed by atoms with Crippen molar-refractivity contribution < 1.29 is 14.3 Å². The topological polar surface area (TPSA) is 66.4 Å². The number of likely N-dealkylation sites (tertiary alicyclic amines) is 1. The Labute approximate surface area is 174 Å². The minimum absolute atomic E-state index is 0. The molecule has 0 aromatic carbocycles. The van der Waals surface area contributed by atoms with Crippen molar-refractivity contribution in [2.75, 3.05) is 66.1 Å². The number of hydrogen-bond acceptors (Lipinski definition) is 5. The molecule has 0 aliphatic carbocycles. The van der Waals surface area contributed by atoms with Crippen LogP contribution in [0.3, 0.4) is 0 Å². The van der Waals surface area contributed by atoms with E-state index < -0.39 is 0 Å². The fourth-order valence-corrected chi connectivity index (χ4v) is 3.38. The number of carbonyl (C=O) groups excluding carboxylic acids is 1. The molecule has 1 N–H and O–H groups in total. The lowest BCUT2D eigenvalue weighted by molar-refractivity contribution is -0.146. The number of methoxy groups -OCH3 is 1. The molecule has 2 heterocycles. The van der Waals surface area contributed by atoms with E-state index in [-0.39, 0.29) is 35.9 Å². The fourth-order valence-electron chi connectivity index (χ4n) is 3.38. The van der Waals surface area contributed by atoms with E-state index in [2.05, 4.69) is 22.0 Å². The van der Waals surface area contributed by atoms with Crippen LogP contribution in [0.4, 0.5) is 0 Å². The van der Waals surface area contributed by atoms with Crippen LogP contribution in [-0.4, -0.2) is 87.9 Å². The number of carbonyl (C=O) groups is 1. The number of ether oxygens (including phenoxy) is 2. The van der Waals surface area contributed by atoms with Gasteiger partial charge in [0.1, 0.15) is 0 Å². The van der Waals surface area contributed by atoms with Gasteiger partial charge in [-0.2, -0.15) is 0 Å². The number of piperidine rings is 1. The molecule has 8 heteroatoms. The fraction of sp³-hybridized carbons (Fsp3) is 0.889. The largest absolute Gasteiger partial charge is 0.469 e. The first-order valence-electron chi connectivity index (χ1n) is 9.65. The Bertz CT molecular complexity index is 423. The van der Waals surface area contributed by atoms with Crippen LogP contribution in [0, 0.1) is 5.92 Å². The van der Waals surface area contributed by atoms with Crippen LogP contribution in [0.15, 0.2) is 4.99 Å². The van der Waals surface area contributed by atoms with E-state index in [0.717, 1.165) is 84.2 Å². The van der Waals surface area contributed by atoms with E-state index in [1.807, 2.05) is 0 Å². The summed E-state index contributed by atoms with van der Waals surface area (Å²) in [5.41, 5.74) is 0. The van der Waals surface area contributed by atoms with E-state index in [1.165, 1.54) is 13.5 Å². The van der Waals surface area contributed by atoms with Crippen LogP contribution >= 0.6 is 24.0 Å². The molecule has 0 amide bonds. The summed E-state index contributed by atoms with van der Waals surface area (Å²) in [7, 11) is 1.47. The third-order valence-electron chi connectivity index (χ3n) is 4.91. The molecule has 0 atom stereocenters. The van der Waals surface area contributed by atoms with Crippen LogP contribution in [0.1, 0.15) is 32.6 Å². The highest BCUT2D eigenvalue weighted by molar-refractivity contribution is 14.0. The number of morpholine rings is 1. The van der Waals surface area contributed by atoms with Crippen LogP contribution in [0.5, 0.6) is 0 Å². The van der Waals surface area contributed by atoms with Crippen molar-refractivity contribution >= 4 is 35.9 Å². The van der Waals surface area contributed by atoms with Crippen molar-refractivity contribution in [1.82, 2.24) is 15.1 Å². The summed E-state index contributed by atoms with van der Waals surface area (Å²) < 4.78 is 10.2. The van der Waals surface area contributed by atoms with Crippen LogP contribution in [0.2, 0.25) is 0 Å². The molecule has 0 aromatic heterocycles. The molecule has 0 spiro atoms. The first kappa shape index (κ1) is 23.4. The van der Waals surface area contributed by atoms with E-state index in [0.29, 0.717) is 0 Å². The van der Waals surface area contributed by atoms with Gasteiger partial charge in [0, 0.05) is 39.3 Å². The summed E-state index contributed by atoms with van der Waals surface area (Å²) in [5.74, 6) is 0.944. The molecule has 2 rings (SSSR count). The number of hydrogen-bond donors (Lipinski definition) is 1. The van der Waals surface area contributed by atoms with Gasteiger partial charge in [-0.1, -0.05) is 0 Å². The summed E-state index contributed by atoms with van der Waals surface area (Å²) in [4.78, 5) is 21.2. The van der Waals surface area contributed by atoms with Gasteiger partial charge in [-0.05, 0) is 39.2 Å². The first-order chi connectivity index (χ1) is 12.2. The Kier molecular flexibility index (Phi) is 12.2. The van der Waals surface area contributed by atoms with Gasteiger partial charge < -0.3 is 19.7 Å². The predicted octanol–water partition coefficient (Wildman–Crippen LogP) is 1.57. The highest BCUT2D eigenvalue weighted by Crippen LogP contribution is 2.18. The average molecular weight is 482 g/mol. The Balaban J connectivity index is 0.00000338. The molecule has 0 unspecified atom stereocenters. The third kappa shape index (κ3) is 7.96. The maximum Gasteiger partial charge on any atom is 0.308 e. The molecule has 0 aromatic rings. The van der Waals surface area contributed by atoms with Gasteiger partial charge >= 0.3 is 5.97 Å². The predicted molar refractivity (Wildman–Crippen MR) is 114 cm³/mol. The lowest BCUT2D eigenvalue weighted by Gasteiger charge is -2.33. The average Bonchev–Trinajstić information content (AvgIpc) is 2.67. The molecule has 26 heavy (non-hydrogen) atoms. The maximum atomic E-state index is 11.6. The molecule has 152 valence electrons. The molecular formula is C18H35IN4O3. The zero-order chi connectivity index (χ0) is 17.9. The zero-order valence-electron chi connectivity index (χ0n) is 16.2. The van der Waals surface area contributed by atoms with Gasteiger partial charge in [-0.25, -0.2) is 0 Å². The van der Waals surface area contributed by atoms with Crippen LogP contribution in [0.25, 0.3) is 0 Å². The van der Waals surface area contributed by atoms with Crippen LogP contribution in [-0.2, 0) is 14.3 Å². The summed E-state index contributed by atoms with van der Waals surface area (Å²) in [6.45, 7) is 10.5. The second kappa shape index (κ2) is 13.5. The number of rotatable bonds is 7.